The largest absolute Gasteiger partial charge is 0.446 e. The van der Waals surface area contributed by atoms with Gasteiger partial charge in [0.15, 0.2) is 0 Å². The summed E-state index contributed by atoms with van der Waals surface area (Å²) in [5.74, 6) is -3.61. The third kappa shape index (κ3) is 7.28. The van der Waals surface area contributed by atoms with Gasteiger partial charge in [-0.25, -0.2) is 13.2 Å². The van der Waals surface area contributed by atoms with Gasteiger partial charge in [0.05, 0.1) is 28.0 Å². The second-order valence-corrected chi connectivity index (χ2v) is 16.8. The highest BCUT2D eigenvalue weighted by Gasteiger charge is 2.63. The molecule has 50 heavy (non-hydrogen) atoms. The van der Waals surface area contributed by atoms with Crippen molar-refractivity contribution in [2.24, 2.45) is 17.8 Å². The van der Waals surface area contributed by atoms with Gasteiger partial charge in [-0.1, -0.05) is 37.3 Å². The Morgan fingerprint density at radius 1 is 1.10 bits per heavy atom. The molecule has 0 bridgehead atoms. The van der Waals surface area contributed by atoms with E-state index in [1.54, 1.807) is 18.9 Å². The van der Waals surface area contributed by atoms with Gasteiger partial charge in [0, 0.05) is 30.8 Å². The van der Waals surface area contributed by atoms with Crippen LogP contribution in [0.25, 0.3) is 11.3 Å². The Kier molecular flexibility index (Phi) is 9.82. The number of hydrogen-bond acceptors (Lipinski definition) is 8. The first kappa shape index (κ1) is 35.6. The van der Waals surface area contributed by atoms with Crippen LogP contribution in [0.2, 0.25) is 0 Å². The average Bonchev–Trinajstić information content (AvgIpc) is 3.96. The number of carbonyl (C=O) groups is 4. The number of anilines is 1. The van der Waals surface area contributed by atoms with Gasteiger partial charge in [-0.3, -0.25) is 29.4 Å². The van der Waals surface area contributed by atoms with Gasteiger partial charge in [0.1, 0.15) is 11.6 Å². The summed E-state index contributed by atoms with van der Waals surface area (Å²) in [7, 11) is -2.23. The molecule has 268 valence electrons. The lowest BCUT2D eigenvalue weighted by Crippen LogP contribution is -2.55. The zero-order valence-electron chi connectivity index (χ0n) is 29.2. The van der Waals surface area contributed by atoms with Crippen LogP contribution >= 0.6 is 0 Å². The highest BCUT2D eigenvalue weighted by Crippen LogP contribution is 2.48. The standard InChI is InChI=1S/C37H47N5O7S/c1-5-25-12-10-13-30(38-25)27-15-14-23(2)19-31(27)39-35(46)49-26-20-28-29(21-26)33(44)42(4)18-9-7-6-8-11-24-22-37(24,40-32(28)43)34(45)41-50(47,48)36(3)16-17-36/h8,10-15,19,24,26,28-29H,5-7,9,16-18,20-22H2,1-4H3,(H,39,46)(H,40,43)(H,41,45)/b11-8+. The minimum atomic E-state index is -3.94. The number of nitrogens with zero attached hydrogens (tertiary/aromatic N) is 2. The maximum absolute atomic E-state index is 14.1. The van der Waals surface area contributed by atoms with Crippen LogP contribution in [-0.4, -0.2) is 72.1 Å². The summed E-state index contributed by atoms with van der Waals surface area (Å²) in [5, 5.41) is 5.74. The van der Waals surface area contributed by atoms with Crippen LogP contribution in [0.5, 0.6) is 0 Å². The number of amides is 4. The number of aryl methyl sites for hydroxylation is 2. The van der Waals surface area contributed by atoms with Gasteiger partial charge >= 0.3 is 6.09 Å². The van der Waals surface area contributed by atoms with Crippen molar-refractivity contribution in [3.63, 3.8) is 0 Å². The second kappa shape index (κ2) is 13.8. The third-order valence-electron chi connectivity index (χ3n) is 10.8. The van der Waals surface area contributed by atoms with E-state index in [1.165, 1.54) is 0 Å². The van der Waals surface area contributed by atoms with Gasteiger partial charge in [-0.15, -0.1) is 0 Å². The summed E-state index contributed by atoms with van der Waals surface area (Å²) in [5.41, 5.74) is 2.36. The fraction of sp³-hybridized carbons (Fsp3) is 0.541. The van der Waals surface area contributed by atoms with Crippen LogP contribution < -0.4 is 15.4 Å². The fourth-order valence-electron chi connectivity index (χ4n) is 7.09. The molecule has 5 unspecified atom stereocenters. The van der Waals surface area contributed by atoms with Crippen LogP contribution in [0.3, 0.4) is 0 Å². The molecule has 4 amide bonds. The van der Waals surface area contributed by atoms with Gasteiger partial charge in [0.25, 0.3) is 5.91 Å². The molecule has 3 fully saturated rings. The van der Waals surface area contributed by atoms with Gasteiger partial charge in [-0.2, -0.15) is 0 Å². The second-order valence-electron chi connectivity index (χ2n) is 14.6. The summed E-state index contributed by atoms with van der Waals surface area (Å²) in [6, 6.07) is 11.4. The van der Waals surface area contributed by atoms with E-state index in [0.29, 0.717) is 30.8 Å². The molecule has 13 heteroatoms. The fourth-order valence-corrected chi connectivity index (χ4v) is 8.40. The topological polar surface area (TPSA) is 164 Å². The first-order chi connectivity index (χ1) is 23.7. The predicted octanol–water partition coefficient (Wildman–Crippen LogP) is 4.63. The molecule has 2 heterocycles. The van der Waals surface area contributed by atoms with E-state index in [-0.39, 0.29) is 31.1 Å². The SMILES string of the molecule is CCc1cccc(-c2ccc(C)cc2NC(=O)OC2CC3C(=O)NC4(C(=O)NS(=O)(=O)C5(C)CC5)CC4/C=C/CCCCN(C)C(=O)C3C2)n1. The highest BCUT2D eigenvalue weighted by molar-refractivity contribution is 7.91. The lowest BCUT2D eigenvalue weighted by molar-refractivity contribution is -0.140. The van der Waals surface area contributed by atoms with Crippen molar-refractivity contribution in [2.75, 3.05) is 18.9 Å². The summed E-state index contributed by atoms with van der Waals surface area (Å²) in [6.07, 6.45) is 6.77. The minimum Gasteiger partial charge on any atom is -0.446 e. The number of sulfonamides is 1. The Balaban J connectivity index is 1.21. The number of pyridine rings is 1. The number of aromatic nitrogens is 1. The van der Waals surface area contributed by atoms with Crippen molar-refractivity contribution in [1.82, 2.24) is 19.9 Å². The molecule has 1 aromatic carbocycles. The molecule has 2 aromatic rings. The molecular weight excluding hydrogens is 659 g/mol. The Morgan fingerprint density at radius 3 is 2.60 bits per heavy atom. The number of allylic oxidation sites excluding steroid dienone is 1. The van der Waals surface area contributed by atoms with Crippen LogP contribution in [0.4, 0.5) is 10.5 Å². The van der Waals surface area contributed by atoms with Crippen molar-refractivity contribution in [3.8, 4) is 11.3 Å². The molecule has 5 atom stereocenters. The molecule has 6 rings (SSSR count). The smallest absolute Gasteiger partial charge is 0.411 e. The van der Waals surface area contributed by atoms with Crippen molar-refractivity contribution < 1.29 is 32.3 Å². The van der Waals surface area contributed by atoms with Crippen LogP contribution in [0.15, 0.2) is 48.6 Å². The zero-order valence-corrected chi connectivity index (χ0v) is 30.0. The van der Waals surface area contributed by atoms with Gasteiger partial charge in [0.2, 0.25) is 21.8 Å². The summed E-state index contributed by atoms with van der Waals surface area (Å²) >= 11 is 0. The van der Waals surface area contributed by atoms with Crippen LogP contribution in [0.1, 0.15) is 76.5 Å². The van der Waals surface area contributed by atoms with E-state index in [4.69, 9.17) is 9.72 Å². The number of carbonyl (C=O) groups excluding carboxylic acids is 4. The maximum Gasteiger partial charge on any atom is 0.411 e. The molecule has 0 saturated heterocycles. The van der Waals surface area contributed by atoms with Crippen molar-refractivity contribution in [2.45, 2.75) is 94.9 Å². The van der Waals surface area contributed by atoms with Crippen molar-refractivity contribution in [3.05, 3.63) is 59.8 Å². The lowest BCUT2D eigenvalue weighted by Gasteiger charge is -2.27. The van der Waals surface area contributed by atoms with Crippen LogP contribution in [0, 0.1) is 24.7 Å². The Labute approximate surface area is 293 Å². The lowest BCUT2D eigenvalue weighted by atomic mass is 9.93. The first-order valence-corrected chi connectivity index (χ1v) is 19.1. The number of hydrogen-bond donors (Lipinski definition) is 3. The van der Waals surface area contributed by atoms with E-state index < -0.39 is 56.2 Å². The Hall–Kier alpha value is -4.26. The average molecular weight is 706 g/mol. The highest BCUT2D eigenvalue weighted by atomic mass is 32.2. The van der Waals surface area contributed by atoms with E-state index in [0.717, 1.165) is 42.5 Å². The summed E-state index contributed by atoms with van der Waals surface area (Å²) in [4.78, 5) is 61.2. The number of rotatable bonds is 7. The van der Waals surface area contributed by atoms with Crippen LogP contribution in [-0.2, 0) is 35.6 Å². The third-order valence-corrected chi connectivity index (χ3v) is 12.9. The molecule has 3 saturated carbocycles. The quantitative estimate of drug-likeness (QED) is 0.351. The Bertz CT molecular complexity index is 1820. The number of ether oxygens (including phenoxy) is 1. The first-order valence-electron chi connectivity index (χ1n) is 17.6. The van der Waals surface area contributed by atoms with Crippen molar-refractivity contribution in [1.29, 1.82) is 0 Å². The molecule has 12 nitrogen and oxygen atoms in total. The maximum atomic E-state index is 14.1. The normalized spacial score (nSPS) is 28.3. The predicted molar refractivity (Wildman–Crippen MR) is 188 cm³/mol. The molecule has 0 radical (unpaired) electrons. The minimum absolute atomic E-state index is 0.0683. The van der Waals surface area contributed by atoms with E-state index >= 15 is 0 Å². The Morgan fingerprint density at radius 2 is 1.86 bits per heavy atom. The molecular formula is C37H47N5O7S. The number of benzene rings is 1. The molecule has 3 N–H and O–H groups in total. The van der Waals surface area contributed by atoms with E-state index in [1.807, 2.05) is 62.4 Å². The van der Waals surface area contributed by atoms with Gasteiger partial charge in [-0.05, 0) is 95.4 Å². The zero-order chi connectivity index (χ0) is 35.8. The monoisotopic (exact) mass is 705 g/mol. The molecule has 4 aliphatic rings. The molecule has 3 aliphatic carbocycles. The van der Waals surface area contributed by atoms with Crippen molar-refractivity contribution >= 4 is 39.5 Å². The molecule has 0 spiro atoms. The summed E-state index contributed by atoms with van der Waals surface area (Å²) in [6.45, 7) is 6.05. The van der Waals surface area contributed by atoms with E-state index in [2.05, 4.69) is 15.4 Å². The van der Waals surface area contributed by atoms with E-state index in [9.17, 15) is 27.6 Å². The summed E-state index contributed by atoms with van der Waals surface area (Å²) < 4.78 is 33.1. The molecule has 1 aliphatic heterocycles. The molecule has 1 aromatic heterocycles. The van der Waals surface area contributed by atoms with Gasteiger partial charge < -0.3 is 15.0 Å². The number of nitrogens with one attached hydrogen (secondary N) is 3. The number of fused-ring (bicyclic) bond motifs is 2.